The number of carbonyl (C=O) groups is 3. The van der Waals surface area contributed by atoms with Crippen LogP contribution in [0, 0.1) is 5.82 Å². The molecule has 0 radical (unpaired) electrons. The van der Waals surface area contributed by atoms with E-state index in [-0.39, 0.29) is 17.3 Å². The van der Waals surface area contributed by atoms with E-state index in [1.54, 1.807) is 24.3 Å². The standard InChI is InChI=1S/C19H18FNO4/c1-13(22)21-10-9-14-5-7-15(8-6-14)18(23)12-25-19(24)16-3-2-4-17(20)11-16/h2-8,11H,9-10,12H2,1H3,(H,21,22). The van der Waals surface area contributed by atoms with Gasteiger partial charge >= 0.3 is 5.97 Å². The number of hydrogen-bond donors (Lipinski definition) is 1. The molecule has 0 bridgehead atoms. The average molecular weight is 343 g/mol. The second kappa shape index (κ2) is 8.73. The second-order valence-electron chi connectivity index (χ2n) is 5.44. The van der Waals surface area contributed by atoms with Crippen molar-refractivity contribution in [2.24, 2.45) is 0 Å². The SMILES string of the molecule is CC(=O)NCCc1ccc(C(=O)COC(=O)c2cccc(F)c2)cc1. The summed E-state index contributed by atoms with van der Waals surface area (Å²) in [5.74, 6) is -1.74. The van der Waals surface area contributed by atoms with Gasteiger partial charge in [-0.15, -0.1) is 0 Å². The van der Waals surface area contributed by atoms with Crippen LogP contribution in [0.15, 0.2) is 48.5 Å². The van der Waals surface area contributed by atoms with Gasteiger partial charge < -0.3 is 10.1 Å². The summed E-state index contributed by atoms with van der Waals surface area (Å²) >= 11 is 0. The molecule has 0 unspecified atom stereocenters. The maximum Gasteiger partial charge on any atom is 0.338 e. The summed E-state index contributed by atoms with van der Waals surface area (Å²) in [5.41, 5.74) is 1.44. The van der Waals surface area contributed by atoms with Crippen LogP contribution in [0.25, 0.3) is 0 Å². The summed E-state index contributed by atoms with van der Waals surface area (Å²) in [6.45, 7) is 1.56. The first kappa shape index (κ1) is 18.3. The fourth-order valence-corrected chi connectivity index (χ4v) is 2.15. The molecule has 2 aromatic carbocycles. The van der Waals surface area contributed by atoms with Crippen molar-refractivity contribution in [1.82, 2.24) is 5.32 Å². The summed E-state index contributed by atoms with van der Waals surface area (Å²) in [6.07, 6.45) is 0.655. The predicted octanol–water partition coefficient (Wildman–Crippen LogP) is 2.54. The molecule has 0 aliphatic carbocycles. The Labute approximate surface area is 144 Å². The van der Waals surface area contributed by atoms with Crippen molar-refractivity contribution in [3.05, 3.63) is 71.0 Å². The van der Waals surface area contributed by atoms with Crippen molar-refractivity contribution in [2.75, 3.05) is 13.2 Å². The third-order valence-corrected chi connectivity index (χ3v) is 3.46. The summed E-state index contributed by atoms with van der Waals surface area (Å²) in [6, 6.07) is 11.9. The quantitative estimate of drug-likeness (QED) is 0.619. The Morgan fingerprint density at radius 2 is 1.76 bits per heavy atom. The van der Waals surface area contributed by atoms with E-state index in [0.717, 1.165) is 11.6 Å². The summed E-state index contributed by atoms with van der Waals surface area (Å²) in [4.78, 5) is 34.6. The zero-order chi connectivity index (χ0) is 18.2. The van der Waals surface area contributed by atoms with E-state index in [2.05, 4.69) is 5.32 Å². The van der Waals surface area contributed by atoms with Crippen molar-refractivity contribution < 1.29 is 23.5 Å². The molecular weight excluding hydrogens is 325 g/mol. The van der Waals surface area contributed by atoms with Crippen molar-refractivity contribution >= 4 is 17.7 Å². The Kier molecular flexibility index (Phi) is 6.39. The van der Waals surface area contributed by atoms with E-state index in [9.17, 15) is 18.8 Å². The van der Waals surface area contributed by atoms with Crippen molar-refractivity contribution in [3.8, 4) is 0 Å². The number of amides is 1. The Balaban J connectivity index is 1.86. The van der Waals surface area contributed by atoms with Crippen LogP contribution in [0.3, 0.4) is 0 Å². The minimum Gasteiger partial charge on any atom is -0.454 e. The Morgan fingerprint density at radius 1 is 1.04 bits per heavy atom. The molecule has 0 atom stereocenters. The van der Waals surface area contributed by atoms with Crippen LogP contribution in [0.1, 0.15) is 33.2 Å². The van der Waals surface area contributed by atoms with E-state index in [1.165, 1.54) is 25.1 Å². The lowest BCUT2D eigenvalue weighted by atomic mass is 10.1. The largest absolute Gasteiger partial charge is 0.454 e. The molecule has 6 heteroatoms. The second-order valence-corrected chi connectivity index (χ2v) is 5.44. The van der Waals surface area contributed by atoms with E-state index in [0.29, 0.717) is 18.5 Å². The zero-order valence-corrected chi connectivity index (χ0v) is 13.8. The number of benzene rings is 2. The first-order valence-electron chi connectivity index (χ1n) is 7.75. The lowest BCUT2D eigenvalue weighted by Crippen LogP contribution is -2.22. The van der Waals surface area contributed by atoms with Gasteiger partial charge in [0.25, 0.3) is 0 Å². The van der Waals surface area contributed by atoms with Gasteiger partial charge in [-0.1, -0.05) is 30.3 Å². The molecule has 0 fully saturated rings. The number of ether oxygens (including phenoxy) is 1. The van der Waals surface area contributed by atoms with Gasteiger partial charge in [0.2, 0.25) is 5.91 Å². The maximum absolute atomic E-state index is 13.1. The minimum atomic E-state index is -0.750. The fraction of sp³-hybridized carbons (Fsp3) is 0.211. The molecule has 2 aromatic rings. The van der Waals surface area contributed by atoms with Crippen molar-refractivity contribution in [2.45, 2.75) is 13.3 Å². The Bertz CT molecular complexity index is 771. The molecule has 25 heavy (non-hydrogen) atoms. The highest BCUT2D eigenvalue weighted by Crippen LogP contribution is 2.08. The smallest absolute Gasteiger partial charge is 0.338 e. The molecule has 0 spiro atoms. The van der Waals surface area contributed by atoms with Crippen LogP contribution in [-0.4, -0.2) is 30.8 Å². The number of esters is 1. The summed E-state index contributed by atoms with van der Waals surface area (Å²) < 4.78 is 18.0. The monoisotopic (exact) mass is 343 g/mol. The summed E-state index contributed by atoms with van der Waals surface area (Å²) in [7, 11) is 0. The molecular formula is C19H18FNO4. The number of ketones is 1. The highest BCUT2D eigenvalue weighted by Gasteiger charge is 2.12. The molecule has 1 amide bonds. The first-order valence-corrected chi connectivity index (χ1v) is 7.75. The van der Waals surface area contributed by atoms with Crippen LogP contribution >= 0.6 is 0 Å². The van der Waals surface area contributed by atoms with Crippen LogP contribution < -0.4 is 5.32 Å². The van der Waals surface area contributed by atoms with Crippen LogP contribution in [0.4, 0.5) is 4.39 Å². The third kappa shape index (κ3) is 5.84. The number of nitrogens with one attached hydrogen (secondary N) is 1. The van der Waals surface area contributed by atoms with E-state index >= 15 is 0 Å². The van der Waals surface area contributed by atoms with Gasteiger partial charge in [-0.3, -0.25) is 9.59 Å². The maximum atomic E-state index is 13.1. The number of carbonyl (C=O) groups excluding carboxylic acids is 3. The lowest BCUT2D eigenvalue weighted by molar-refractivity contribution is -0.118. The summed E-state index contributed by atoms with van der Waals surface area (Å²) in [5, 5.41) is 2.69. The number of rotatable bonds is 7. The molecule has 2 rings (SSSR count). The van der Waals surface area contributed by atoms with Gasteiger partial charge in [0.15, 0.2) is 12.4 Å². The molecule has 0 heterocycles. The molecule has 5 nitrogen and oxygen atoms in total. The topological polar surface area (TPSA) is 72.5 Å². The van der Waals surface area contributed by atoms with E-state index in [1.807, 2.05) is 0 Å². The number of Topliss-reactive ketones (excluding diaryl/α,β-unsaturated/α-hetero) is 1. The minimum absolute atomic E-state index is 0.0566. The molecule has 1 N–H and O–H groups in total. The van der Waals surface area contributed by atoms with Gasteiger partial charge in [-0.2, -0.15) is 0 Å². The van der Waals surface area contributed by atoms with Gasteiger partial charge in [0.05, 0.1) is 5.56 Å². The van der Waals surface area contributed by atoms with Crippen molar-refractivity contribution in [1.29, 1.82) is 0 Å². The van der Waals surface area contributed by atoms with Crippen LogP contribution in [0.2, 0.25) is 0 Å². The normalized spacial score (nSPS) is 10.2. The van der Waals surface area contributed by atoms with Gasteiger partial charge in [-0.05, 0) is 30.2 Å². The third-order valence-electron chi connectivity index (χ3n) is 3.46. The van der Waals surface area contributed by atoms with Crippen LogP contribution in [-0.2, 0) is 16.0 Å². The lowest BCUT2D eigenvalue weighted by Gasteiger charge is -2.06. The average Bonchev–Trinajstić information content (AvgIpc) is 2.59. The predicted molar refractivity (Wildman–Crippen MR) is 89.8 cm³/mol. The number of halogens is 1. The van der Waals surface area contributed by atoms with E-state index < -0.39 is 18.4 Å². The highest BCUT2D eigenvalue weighted by molar-refractivity contribution is 5.99. The first-order chi connectivity index (χ1) is 12.0. The van der Waals surface area contributed by atoms with E-state index in [4.69, 9.17) is 4.74 Å². The zero-order valence-electron chi connectivity index (χ0n) is 13.8. The van der Waals surface area contributed by atoms with Crippen LogP contribution in [0.5, 0.6) is 0 Å². The van der Waals surface area contributed by atoms with Gasteiger partial charge in [0.1, 0.15) is 5.82 Å². The number of hydrogen-bond acceptors (Lipinski definition) is 4. The molecule has 0 aliphatic rings. The molecule has 130 valence electrons. The Morgan fingerprint density at radius 3 is 2.40 bits per heavy atom. The molecule has 0 saturated heterocycles. The highest BCUT2D eigenvalue weighted by atomic mass is 19.1. The molecule has 0 aliphatic heterocycles. The van der Waals surface area contributed by atoms with Gasteiger partial charge in [0, 0.05) is 19.0 Å². The van der Waals surface area contributed by atoms with Crippen molar-refractivity contribution in [3.63, 3.8) is 0 Å². The molecule has 0 saturated carbocycles. The fourth-order valence-electron chi connectivity index (χ4n) is 2.15. The Hall–Kier alpha value is -3.02. The molecule has 0 aromatic heterocycles. The van der Waals surface area contributed by atoms with Gasteiger partial charge in [-0.25, -0.2) is 9.18 Å².